The molecule has 0 fully saturated rings. The molecular weight excluding hydrogens is 340 g/mol. The van der Waals surface area contributed by atoms with Gasteiger partial charge in [-0.3, -0.25) is 0 Å². The molecule has 0 radical (unpaired) electrons. The SMILES string of the molecule is CC[C@@H](C)Nc1ccc(C(=O)O)cc1S(=O)(=O)NCc1ccccc1. The molecule has 25 heavy (non-hydrogen) atoms. The monoisotopic (exact) mass is 362 g/mol. The fourth-order valence-corrected chi connectivity index (χ4v) is 3.43. The highest BCUT2D eigenvalue weighted by Crippen LogP contribution is 2.24. The molecule has 134 valence electrons. The highest BCUT2D eigenvalue weighted by molar-refractivity contribution is 7.89. The fourth-order valence-electron chi connectivity index (χ4n) is 2.22. The van der Waals surface area contributed by atoms with E-state index in [1.807, 2.05) is 44.2 Å². The van der Waals surface area contributed by atoms with Gasteiger partial charge >= 0.3 is 5.97 Å². The summed E-state index contributed by atoms with van der Waals surface area (Å²) in [4.78, 5) is 11.1. The summed E-state index contributed by atoms with van der Waals surface area (Å²) in [6, 6.07) is 13.2. The summed E-state index contributed by atoms with van der Waals surface area (Å²) in [5, 5.41) is 12.3. The first-order valence-electron chi connectivity index (χ1n) is 8.01. The molecule has 7 heteroatoms. The van der Waals surface area contributed by atoms with Crippen molar-refractivity contribution in [1.29, 1.82) is 0 Å². The minimum atomic E-state index is -3.87. The number of hydrogen-bond donors (Lipinski definition) is 3. The van der Waals surface area contributed by atoms with E-state index < -0.39 is 16.0 Å². The smallest absolute Gasteiger partial charge is 0.335 e. The number of carboxylic acid groups (broad SMARTS) is 1. The molecule has 0 saturated heterocycles. The van der Waals surface area contributed by atoms with Gasteiger partial charge in [0.1, 0.15) is 4.90 Å². The van der Waals surface area contributed by atoms with Crippen LogP contribution in [0.2, 0.25) is 0 Å². The van der Waals surface area contributed by atoms with E-state index in [-0.39, 0.29) is 23.0 Å². The Morgan fingerprint density at radius 2 is 1.84 bits per heavy atom. The Labute approximate surface area is 147 Å². The maximum atomic E-state index is 12.7. The van der Waals surface area contributed by atoms with Crippen molar-refractivity contribution >= 4 is 21.7 Å². The van der Waals surface area contributed by atoms with Gasteiger partial charge in [0.15, 0.2) is 0 Å². The molecule has 6 nitrogen and oxygen atoms in total. The quantitative estimate of drug-likeness (QED) is 0.671. The van der Waals surface area contributed by atoms with Crippen LogP contribution in [0.15, 0.2) is 53.4 Å². The summed E-state index contributed by atoms with van der Waals surface area (Å²) in [6.07, 6.45) is 0.803. The van der Waals surface area contributed by atoms with Gasteiger partial charge < -0.3 is 10.4 Å². The minimum absolute atomic E-state index is 0.0544. The van der Waals surface area contributed by atoms with Gasteiger partial charge in [-0.15, -0.1) is 0 Å². The lowest BCUT2D eigenvalue weighted by atomic mass is 10.2. The van der Waals surface area contributed by atoms with E-state index in [0.29, 0.717) is 5.69 Å². The normalized spacial score (nSPS) is 12.6. The lowest BCUT2D eigenvalue weighted by Gasteiger charge is -2.18. The zero-order chi connectivity index (χ0) is 18.4. The molecule has 2 aromatic rings. The van der Waals surface area contributed by atoms with Crippen LogP contribution in [0.4, 0.5) is 5.69 Å². The summed E-state index contributed by atoms with van der Waals surface area (Å²) in [5.74, 6) is -1.17. The first-order valence-corrected chi connectivity index (χ1v) is 9.49. The van der Waals surface area contributed by atoms with Crippen LogP contribution in [0.3, 0.4) is 0 Å². The third kappa shape index (κ3) is 5.04. The highest BCUT2D eigenvalue weighted by atomic mass is 32.2. The summed E-state index contributed by atoms with van der Waals surface area (Å²) in [5.41, 5.74) is 1.13. The van der Waals surface area contributed by atoms with Crippen molar-refractivity contribution in [1.82, 2.24) is 4.72 Å². The summed E-state index contributed by atoms with van der Waals surface area (Å²) in [7, 11) is -3.87. The number of rotatable bonds is 8. The van der Waals surface area contributed by atoms with Crippen molar-refractivity contribution in [3.8, 4) is 0 Å². The Hall–Kier alpha value is -2.38. The summed E-state index contributed by atoms with van der Waals surface area (Å²) < 4.78 is 28.0. The predicted molar refractivity (Wildman–Crippen MR) is 97.2 cm³/mol. The summed E-state index contributed by atoms with van der Waals surface area (Å²) >= 11 is 0. The molecule has 0 saturated carbocycles. The van der Waals surface area contributed by atoms with Crippen LogP contribution >= 0.6 is 0 Å². The molecule has 0 aliphatic rings. The number of benzene rings is 2. The van der Waals surface area contributed by atoms with Crippen molar-refractivity contribution in [2.45, 2.75) is 37.8 Å². The van der Waals surface area contributed by atoms with Crippen molar-refractivity contribution in [2.24, 2.45) is 0 Å². The predicted octanol–water partition coefficient (Wildman–Crippen LogP) is 3.07. The van der Waals surface area contributed by atoms with Gasteiger partial charge in [-0.25, -0.2) is 17.9 Å². The van der Waals surface area contributed by atoms with E-state index in [9.17, 15) is 13.2 Å². The van der Waals surface area contributed by atoms with Gasteiger partial charge in [-0.2, -0.15) is 0 Å². The Balaban J connectivity index is 2.35. The molecule has 0 heterocycles. The second-order valence-corrected chi connectivity index (χ2v) is 7.52. The molecule has 0 amide bonds. The number of anilines is 1. The van der Waals surface area contributed by atoms with E-state index in [1.165, 1.54) is 18.2 Å². The Morgan fingerprint density at radius 1 is 1.16 bits per heavy atom. The number of nitrogens with one attached hydrogen (secondary N) is 2. The van der Waals surface area contributed by atoms with Gasteiger partial charge in [0.25, 0.3) is 0 Å². The van der Waals surface area contributed by atoms with Crippen LogP contribution in [0, 0.1) is 0 Å². The number of hydrogen-bond acceptors (Lipinski definition) is 4. The van der Waals surface area contributed by atoms with Crippen LogP contribution < -0.4 is 10.0 Å². The first kappa shape index (κ1) is 19.0. The minimum Gasteiger partial charge on any atom is -0.478 e. The van der Waals surface area contributed by atoms with E-state index in [1.54, 1.807) is 0 Å². The third-order valence-corrected chi connectivity index (χ3v) is 5.28. The molecule has 0 aliphatic heterocycles. The number of carboxylic acids is 1. The van der Waals surface area contributed by atoms with Crippen LogP contribution in [-0.4, -0.2) is 25.5 Å². The van der Waals surface area contributed by atoms with Crippen molar-refractivity contribution < 1.29 is 18.3 Å². The lowest BCUT2D eigenvalue weighted by Crippen LogP contribution is -2.25. The second-order valence-electron chi connectivity index (χ2n) is 5.78. The molecule has 2 aromatic carbocycles. The molecule has 3 N–H and O–H groups in total. The van der Waals surface area contributed by atoms with Gasteiger partial charge in [-0.1, -0.05) is 37.3 Å². The lowest BCUT2D eigenvalue weighted by molar-refractivity contribution is 0.0696. The third-order valence-electron chi connectivity index (χ3n) is 3.84. The first-order chi connectivity index (χ1) is 11.8. The molecule has 0 aromatic heterocycles. The van der Waals surface area contributed by atoms with E-state index in [2.05, 4.69) is 10.0 Å². The molecular formula is C18H22N2O4S. The van der Waals surface area contributed by atoms with Crippen molar-refractivity contribution in [2.75, 3.05) is 5.32 Å². The van der Waals surface area contributed by atoms with Crippen LogP contribution in [0.5, 0.6) is 0 Å². The average Bonchev–Trinajstić information content (AvgIpc) is 2.61. The van der Waals surface area contributed by atoms with Gasteiger partial charge in [0, 0.05) is 12.6 Å². The molecule has 0 aliphatic carbocycles. The Morgan fingerprint density at radius 3 is 2.44 bits per heavy atom. The van der Waals surface area contributed by atoms with Crippen molar-refractivity contribution in [3.63, 3.8) is 0 Å². The number of sulfonamides is 1. The molecule has 0 unspecified atom stereocenters. The van der Waals surface area contributed by atoms with Gasteiger partial charge in [-0.05, 0) is 37.1 Å². The van der Waals surface area contributed by atoms with Crippen LogP contribution in [0.1, 0.15) is 36.2 Å². The largest absolute Gasteiger partial charge is 0.478 e. The Kier molecular flexibility index (Phi) is 6.17. The van der Waals surface area contributed by atoms with E-state index in [4.69, 9.17) is 5.11 Å². The van der Waals surface area contributed by atoms with E-state index >= 15 is 0 Å². The maximum Gasteiger partial charge on any atom is 0.335 e. The van der Waals surface area contributed by atoms with Gasteiger partial charge in [0.05, 0.1) is 11.3 Å². The molecule has 0 bridgehead atoms. The Bertz CT molecular complexity index is 835. The highest BCUT2D eigenvalue weighted by Gasteiger charge is 2.21. The van der Waals surface area contributed by atoms with Crippen LogP contribution in [0.25, 0.3) is 0 Å². The topological polar surface area (TPSA) is 95.5 Å². The fraction of sp³-hybridized carbons (Fsp3) is 0.278. The summed E-state index contributed by atoms with van der Waals surface area (Å²) in [6.45, 7) is 4.03. The molecule has 0 spiro atoms. The maximum absolute atomic E-state index is 12.7. The second kappa shape index (κ2) is 8.13. The zero-order valence-corrected chi connectivity index (χ0v) is 15.0. The van der Waals surface area contributed by atoms with Crippen molar-refractivity contribution in [3.05, 3.63) is 59.7 Å². The van der Waals surface area contributed by atoms with Gasteiger partial charge in [0.2, 0.25) is 10.0 Å². The number of carbonyl (C=O) groups is 1. The standard InChI is InChI=1S/C18H22N2O4S/c1-3-13(2)20-16-10-9-15(18(21)22)11-17(16)25(23,24)19-12-14-7-5-4-6-8-14/h4-11,13,19-20H,3,12H2,1-2H3,(H,21,22)/t13-/m1/s1. The zero-order valence-electron chi connectivity index (χ0n) is 14.2. The number of aromatic carboxylic acids is 1. The molecule has 1 atom stereocenters. The average molecular weight is 362 g/mol. The van der Waals surface area contributed by atoms with E-state index in [0.717, 1.165) is 12.0 Å². The van der Waals surface area contributed by atoms with Crippen LogP contribution in [-0.2, 0) is 16.6 Å². The molecule has 2 rings (SSSR count).